The Morgan fingerprint density at radius 2 is 2.00 bits per heavy atom. The third-order valence-electron chi connectivity index (χ3n) is 6.35. The normalized spacial score (nSPS) is 21.6. The van der Waals surface area contributed by atoms with E-state index in [9.17, 15) is 14.3 Å². The van der Waals surface area contributed by atoms with E-state index in [-0.39, 0.29) is 46.3 Å². The highest BCUT2D eigenvalue weighted by atomic mass is 35.5. The molecule has 8 nitrogen and oxygen atoms in total. The highest BCUT2D eigenvalue weighted by Crippen LogP contribution is 2.45. The lowest BCUT2D eigenvalue weighted by Gasteiger charge is -2.36. The molecule has 5 rings (SSSR count). The van der Waals surface area contributed by atoms with E-state index in [0.717, 1.165) is 13.1 Å². The quantitative estimate of drug-likeness (QED) is 0.706. The molecule has 3 aliphatic rings. The minimum absolute atomic E-state index is 0.0273. The number of rotatable bonds is 2. The summed E-state index contributed by atoms with van der Waals surface area (Å²) in [6.07, 6.45) is 0. The number of halogens is 2. The van der Waals surface area contributed by atoms with Gasteiger partial charge in [-0.05, 0) is 19.2 Å². The highest BCUT2D eigenvalue weighted by Gasteiger charge is 2.39. The summed E-state index contributed by atoms with van der Waals surface area (Å²) in [7, 11) is 2.04. The maximum atomic E-state index is 14.8. The molecule has 0 saturated carbocycles. The number of nitrogens with one attached hydrogen (secondary N) is 1. The van der Waals surface area contributed by atoms with Crippen LogP contribution in [0.3, 0.4) is 0 Å². The van der Waals surface area contributed by atoms with Crippen molar-refractivity contribution in [3.8, 4) is 22.8 Å². The number of piperazine rings is 2. The molecule has 3 aliphatic heterocycles. The topological polar surface area (TPSA) is 81.2 Å². The number of nitrogens with zero attached hydrogens (tertiary/aromatic N) is 4. The fourth-order valence-electron chi connectivity index (χ4n) is 4.52. The Hall–Kier alpha value is -2.62. The Labute approximate surface area is 190 Å². The van der Waals surface area contributed by atoms with Gasteiger partial charge < -0.3 is 29.9 Å². The lowest BCUT2D eigenvalue weighted by Crippen LogP contribution is -2.55. The molecule has 170 valence electrons. The molecule has 0 spiro atoms. The van der Waals surface area contributed by atoms with E-state index in [1.807, 2.05) is 11.9 Å². The molecule has 32 heavy (non-hydrogen) atoms. The predicted molar refractivity (Wildman–Crippen MR) is 119 cm³/mol. The molecule has 1 aromatic carbocycles. The number of aromatic hydroxyl groups is 1. The molecule has 2 saturated heterocycles. The first-order valence-corrected chi connectivity index (χ1v) is 11.1. The number of carbonyl (C=O) groups is 1. The average Bonchev–Trinajstić information content (AvgIpc) is 2.93. The number of ether oxygens (including phenoxy) is 1. The number of anilines is 1. The van der Waals surface area contributed by atoms with E-state index in [0.29, 0.717) is 44.1 Å². The smallest absolute Gasteiger partial charge is 0.261 e. The van der Waals surface area contributed by atoms with Crippen molar-refractivity contribution in [3.05, 3.63) is 34.6 Å². The van der Waals surface area contributed by atoms with Crippen molar-refractivity contribution in [1.82, 2.24) is 20.1 Å². The molecular formula is C22H25ClFN5O3. The summed E-state index contributed by atoms with van der Waals surface area (Å²) in [5.41, 5.74) is 0.277. The maximum absolute atomic E-state index is 14.8. The third kappa shape index (κ3) is 3.54. The van der Waals surface area contributed by atoms with Crippen molar-refractivity contribution >= 4 is 23.3 Å². The summed E-state index contributed by atoms with van der Waals surface area (Å²) in [4.78, 5) is 24.4. The summed E-state index contributed by atoms with van der Waals surface area (Å²) >= 11 is 6.70. The van der Waals surface area contributed by atoms with E-state index in [4.69, 9.17) is 16.3 Å². The number of amides is 1. The van der Waals surface area contributed by atoms with Crippen LogP contribution in [0.5, 0.6) is 11.5 Å². The van der Waals surface area contributed by atoms with E-state index >= 15 is 0 Å². The largest absolute Gasteiger partial charge is 0.507 e. The number of aromatic nitrogens is 1. The second-order valence-corrected chi connectivity index (χ2v) is 8.77. The van der Waals surface area contributed by atoms with E-state index < -0.39 is 5.82 Å². The van der Waals surface area contributed by atoms with Crippen LogP contribution in [-0.4, -0.2) is 91.3 Å². The van der Waals surface area contributed by atoms with Gasteiger partial charge in [0.15, 0.2) is 5.75 Å². The van der Waals surface area contributed by atoms with Crippen LogP contribution in [0.15, 0.2) is 18.2 Å². The van der Waals surface area contributed by atoms with Gasteiger partial charge in [-0.15, -0.1) is 0 Å². The highest BCUT2D eigenvalue weighted by molar-refractivity contribution is 6.35. The molecule has 1 atom stereocenters. The molecular weight excluding hydrogens is 437 g/mol. The number of fused-ring (bicyclic) bond motifs is 2. The standard InChI is InChI=1S/C22H25ClFN5O3/c1-27-7-9-28(10-8-27)21-17-20(32-12-13-11-25-5-6-29(13)22(17)31)18(23)19(26-21)16-14(24)3-2-4-15(16)30/h2-4,13,25,30H,5-12H2,1H3/t13-/m1/s1. The van der Waals surface area contributed by atoms with Gasteiger partial charge in [0.1, 0.15) is 40.3 Å². The third-order valence-corrected chi connectivity index (χ3v) is 6.70. The van der Waals surface area contributed by atoms with Gasteiger partial charge >= 0.3 is 0 Å². The minimum Gasteiger partial charge on any atom is -0.507 e. The molecule has 2 aromatic rings. The molecule has 0 bridgehead atoms. The van der Waals surface area contributed by atoms with Gasteiger partial charge in [-0.2, -0.15) is 0 Å². The molecule has 10 heteroatoms. The van der Waals surface area contributed by atoms with E-state index in [2.05, 4.69) is 15.2 Å². The van der Waals surface area contributed by atoms with Crippen LogP contribution in [0.1, 0.15) is 10.4 Å². The number of phenolic OH excluding ortho intramolecular Hbond substituents is 1. The molecule has 2 fully saturated rings. The van der Waals surface area contributed by atoms with Gasteiger partial charge in [0.25, 0.3) is 5.91 Å². The molecule has 0 aliphatic carbocycles. The first-order valence-electron chi connectivity index (χ1n) is 10.7. The summed E-state index contributed by atoms with van der Waals surface area (Å²) in [6.45, 7) is 5.04. The van der Waals surface area contributed by atoms with Gasteiger partial charge in [-0.1, -0.05) is 17.7 Å². The van der Waals surface area contributed by atoms with Crippen LogP contribution in [0.2, 0.25) is 5.02 Å². The van der Waals surface area contributed by atoms with Crippen molar-refractivity contribution in [2.45, 2.75) is 6.04 Å². The van der Waals surface area contributed by atoms with Crippen LogP contribution in [-0.2, 0) is 0 Å². The number of phenols is 1. The van der Waals surface area contributed by atoms with Gasteiger partial charge in [0.2, 0.25) is 0 Å². The second kappa shape index (κ2) is 8.38. The van der Waals surface area contributed by atoms with Crippen LogP contribution in [0.25, 0.3) is 11.3 Å². The summed E-state index contributed by atoms with van der Waals surface area (Å²) in [5, 5.41) is 13.7. The number of benzene rings is 1. The first kappa shape index (κ1) is 21.2. The molecule has 2 N–H and O–H groups in total. The number of carbonyl (C=O) groups excluding carboxylic acids is 1. The van der Waals surface area contributed by atoms with Gasteiger partial charge in [0, 0.05) is 45.8 Å². The lowest BCUT2D eigenvalue weighted by molar-refractivity contribution is 0.0606. The maximum Gasteiger partial charge on any atom is 0.261 e. The minimum atomic E-state index is -0.648. The monoisotopic (exact) mass is 461 g/mol. The fraction of sp³-hybridized carbons (Fsp3) is 0.455. The SMILES string of the molecule is CN1CCN(c2nc(-c3c(O)cccc3F)c(Cl)c3c2C(=O)N2CCNC[C@@H]2CO3)CC1. The lowest BCUT2D eigenvalue weighted by atomic mass is 10.1. The zero-order valence-electron chi connectivity index (χ0n) is 17.8. The molecule has 0 radical (unpaired) electrons. The van der Waals surface area contributed by atoms with Crippen molar-refractivity contribution in [1.29, 1.82) is 0 Å². The van der Waals surface area contributed by atoms with Crippen LogP contribution >= 0.6 is 11.6 Å². The van der Waals surface area contributed by atoms with Crippen molar-refractivity contribution < 1.29 is 19.0 Å². The number of hydrogen-bond donors (Lipinski definition) is 2. The van der Waals surface area contributed by atoms with Gasteiger partial charge in [-0.3, -0.25) is 4.79 Å². The van der Waals surface area contributed by atoms with Crippen LogP contribution in [0, 0.1) is 5.82 Å². The van der Waals surface area contributed by atoms with Crippen molar-refractivity contribution in [3.63, 3.8) is 0 Å². The number of pyridine rings is 1. The molecule has 0 unspecified atom stereocenters. The van der Waals surface area contributed by atoms with Crippen molar-refractivity contribution in [2.24, 2.45) is 0 Å². The van der Waals surface area contributed by atoms with Gasteiger partial charge in [0.05, 0.1) is 11.6 Å². The second-order valence-electron chi connectivity index (χ2n) is 8.39. The number of hydrogen-bond acceptors (Lipinski definition) is 7. The average molecular weight is 462 g/mol. The summed E-state index contributed by atoms with van der Waals surface area (Å²) in [5.74, 6) is -0.487. The van der Waals surface area contributed by atoms with Gasteiger partial charge in [-0.25, -0.2) is 9.37 Å². The Morgan fingerprint density at radius 1 is 1.22 bits per heavy atom. The fourth-order valence-corrected chi connectivity index (χ4v) is 4.80. The Bertz CT molecular complexity index is 1040. The van der Waals surface area contributed by atoms with E-state index in [1.54, 1.807) is 4.90 Å². The number of likely N-dealkylation sites (N-methyl/N-ethyl adjacent to an activating group) is 1. The molecule has 1 amide bonds. The Balaban J connectivity index is 1.72. The zero-order valence-corrected chi connectivity index (χ0v) is 18.5. The summed E-state index contributed by atoms with van der Waals surface area (Å²) < 4.78 is 20.9. The zero-order chi connectivity index (χ0) is 22.4. The Kier molecular flexibility index (Phi) is 5.56. The molecule has 1 aromatic heterocycles. The summed E-state index contributed by atoms with van der Waals surface area (Å²) in [6, 6.07) is 3.91. The van der Waals surface area contributed by atoms with Crippen LogP contribution < -0.4 is 15.0 Å². The van der Waals surface area contributed by atoms with Crippen LogP contribution in [0.4, 0.5) is 10.2 Å². The first-order chi connectivity index (χ1) is 15.5. The van der Waals surface area contributed by atoms with Crippen molar-refractivity contribution in [2.75, 3.05) is 64.4 Å². The molecule has 4 heterocycles. The Morgan fingerprint density at radius 3 is 2.75 bits per heavy atom. The van der Waals surface area contributed by atoms with E-state index in [1.165, 1.54) is 18.2 Å². The predicted octanol–water partition coefficient (Wildman–Crippen LogP) is 1.80.